The van der Waals surface area contributed by atoms with E-state index < -0.39 is 0 Å². The van der Waals surface area contributed by atoms with Crippen molar-refractivity contribution in [1.29, 1.82) is 0 Å². The van der Waals surface area contributed by atoms with Crippen molar-refractivity contribution in [3.8, 4) is 22.4 Å². The van der Waals surface area contributed by atoms with E-state index >= 15 is 0 Å². The van der Waals surface area contributed by atoms with Gasteiger partial charge in [-0.3, -0.25) is 23.7 Å². The fraction of sp³-hybridized carbons (Fsp3) is 0.333. The second-order valence-corrected chi connectivity index (χ2v) is 11.2. The number of aromatic nitrogens is 3. The molecule has 3 unspecified atom stereocenters. The lowest BCUT2D eigenvalue weighted by Crippen LogP contribution is -2.59. The second-order valence-electron chi connectivity index (χ2n) is 11.2. The molecular formula is C30H36N9O2+. The topological polar surface area (TPSA) is 156 Å². The molecule has 2 bridgehead atoms. The molecular weight excluding hydrogens is 518 g/mol. The summed E-state index contributed by atoms with van der Waals surface area (Å²) in [6.07, 6.45) is 5.61. The summed E-state index contributed by atoms with van der Waals surface area (Å²) in [7, 11) is 2.06. The highest BCUT2D eigenvalue weighted by Gasteiger charge is 2.53. The molecule has 0 radical (unpaired) electrons. The minimum atomic E-state index is -0.201. The van der Waals surface area contributed by atoms with Gasteiger partial charge in [-0.25, -0.2) is 9.78 Å². The monoisotopic (exact) mass is 554 g/mol. The summed E-state index contributed by atoms with van der Waals surface area (Å²) in [5, 5.41) is 6.85. The molecule has 0 saturated carbocycles. The van der Waals surface area contributed by atoms with E-state index in [1.807, 2.05) is 59.1 Å². The van der Waals surface area contributed by atoms with Crippen LogP contribution in [0.2, 0.25) is 0 Å². The maximum absolute atomic E-state index is 13.4. The molecule has 2 aromatic heterocycles. The Morgan fingerprint density at radius 3 is 2.56 bits per heavy atom. The normalized spacial score (nSPS) is 21.4. The van der Waals surface area contributed by atoms with Crippen molar-refractivity contribution in [2.24, 2.45) is 16.5 Å². The molecule has 6 rings (SSSR count). The van der Waals surface area contributed by atoms with E-state index in [-0.39, 0.29) is 17.4 Å². The number of fused-ring (bicyclic) bond motifs is 3. The Kier molecular flexibility index (Phi) is 7.16. The lowest BCUT2D eigenvalue weighted by atomic mass is 10.1. The summed E-state index contributed by atoms with van der Waals surface area (Å²) < 4.78 is 2.30. The van der Waals surface area contributed by atoms with Crippen LogP contribution in [0, 0.1) is 0 Å². The van der Waals surface area contributed by atoms with Crippen LogP contribution < -0.4 is 27.7 Å². The highest BCUT2D eigenvalue weighted by molar-refractivity contribution is 5.90. The summed E-state index contributed by atoms with van der Waals surface area (Å²) in [6.45, 7) is 3.85. The van der Waals surface area contributed by atoms with Gasteiger partial charge in [0.05, 0.1) is 29.9 Å². The second kappa shape index (κ2) is 10.9. The zero-order valence-corrected chi connectivity index (χ0v) is 23.1. The summed E-state index contributed by atoms with van der Waals surface area (Å²) >= 11 is 0. The smallest absolute Gasteiger partial charge is 0.345 e. The number of rotatable bonds is 9. The van der Waals surface area contributed by atoms with Gasteiger partial charge < -0.3 is 22.1 Å². The Hall–Kier alpha value is -4.32. The molecule has 4 aromatic rings. The number of likely N-dealkylation sites (tertiary alicyclic amines) is 1. The number of H-pyrrole nitrogens is 1. The van der Waals surface area contributed by atoms with Crippen LogP contribution in [0.4, 0.5) is 0 Å². The van der Waals surface area contributed by atoms with Gasteiger partial charge in [0.2, 0.25) is 5.78 Å². The molecule has 2 aliphatic heterocycles. The first-order valence-electron chi connectivity index (χ1n) is 14.0. The van der Waals surface area contributed by atoms with Gasteiger partial charge >= 0.3 is 5.91 Å². The standard InChI is InChI=1S/C30H35N9O2/c1-39(18-23-13-24(39)15-35-23)28(41)22-9-7-21(8-10-22)26-17-38-16-25(27(40)37-30(38)36-26)20-5-3-19(4-6-20)14-33-11-2-12-34-29(31)32/h3-10,16-17,23-24,33,35H,2,11-15,18H2,1H3,(H4-,31,32,34,36,37,40)/p+1. The van der Waals surface area contributed by atoms with E-state index in [1.54, 1.807) is 6.20 Å². The number of hydrogen-bond donors (Lipinski definition) is 5. The van der Waals surface area contributed by atoms with Crippen molar-refractivity contribution < 1.29 is 9.28 Å². The number of quaternary nitrogens is 1. The number of amides is 1. The number of hydrogen-bond acceptors (Lipinski definition) is 6. The molecule has 2 aromatic carbocycles. The molecule has 7 N–H and O–H groups in total. The Morgan fingerprint density at radius 1 is 1.12 bits per heavy atom. The Bertz CT molecular complexity index is 1650. The lowest BCUT2D eigenvalue weighted by Gasteiger charge is -2.35. The predicted molar refractivity (Wildman–Crippen MR) is 159 cm³/mol. The van der Waals surface area contributed by atoms with Crippen LogP contribution in [0.3, 0.4) is 0 Å². The number of nitrogens with two attached hydrogens (primary N) is 2. The molecule has 41 heavy (non-hydrogen) atoms. The van der Waals surface area contributed by atoms with Gasteiger partial charge in [-0.15, -0.1) is 0 Å². The molecule has 11 nitrogen and oxygen atoms in total. The number of likely N-dealkylation sites (N-methyl/N-ethyl adjacent to an activating group) is 1. The first-order valence-corrected chi connectivity index (χ1v) is 14.0. The van der Waals surface area contributed by atoms with Gasteiger partial charge in [0.25, 0.3) is 5.56 Å². The fourth-order valence-electron chi connectivity index (χ4n) is 6.05. The van der Waals surface area contributed by atoms with Gasteiger partial charge in [-0.1, -0.05) is 36.4 Å². The van der Waals surface area contributed by atoms with Crippen molar-refractivity contribution >= 4 is 17.6 Å². The van der Waals surface area contributed by atoms with Crippen LogP contribution in [0.5, 0.6) is 0 Å². The summed E-state index contributed by atoms with van der Waals surface area (Å²) in [5.41, 5.74) is 15.3. The summed E-state index contributed by atoms with van der Waals surface area (Å²) in [6, 6.07) is 16.3. The largest absolute Gasteiger partial charge is 0.370 e. The minimum absolute atomic E-state index is 0.111. The number of piperazine rings is 1. The maximum atomic E-state index is 13.4. The first kappa shape index (κ1) is 26.9. The number of aliphatic imine (C=N–C) groups is 1. The van der Waals surface area contributed by atoms with E-state index in [4.69, 9.17) is 11.5 Å². The predicted octanol–water partition coefficient (Wildman–Crippen LogP) is 1.44. The number of nitrogens with zero attached hydrogens (tertiary/aromatic N) is 4. The molecule has 1 amide bonds. The number of carbonyl (C=O) groups excluding carboxylic acids is 1. The molecule has 2 aliphatic rings. The SMILES string of the molecule is C[N+]1(C(=O)c2ccc(-c3cn4cc(-c5ccc(CNCCCN=C(N)N)cc5)c(=O)[nH]c4n3)cc2)CC2CC1CN2. The van der Waals surface area contributed by atoms with Crippen LogP contribution in [0.15, 0.2) is 70.7 Å². The Labute approximate surface area is 237 Å². The Morgan fingerprint density at radius 2 is 1.88 bits per heavy atom. The highest BCUT2D eigenvalue weighted by Crippen LogP contribution is 2.32. The molecule has 3 atom stereocenters. The number of aromatic amines is 1. The van der Waals surface area contributed by atoms with E-state index in [2.05, 4.69) is 32.6 Å². The van der Waals surface area contributed by atoms with E-state index in [0.29, 0.717) is 46.6 Å². The molecule has 0 aliphatic carbocycles. The van der Waals surface area contributed by atoms with Gasteiger partial charge in [-0.05, 0) is 36.2 Å². The van der Waals surface area contributed by atoms with Crippen molar-refractivity contribution in [1.82, 2.24) is 25.0 Å². The average molecular weight is 555 g/mol. The number of nitrogens with one attached hydrogen (secondary N) is 3. The fourth-order valence-corrected chi connectivity index (χ4v) is 6.05. The van der Waals surface area contributed by atoms with Gasteiger partial charge in [0.1, 0.15) is 12.6 Å². The van der Waals surface area contributed by atoms with Gasteiger partial charge in [0.15, 0.2) is 5.96 Å². The molecule has 4 heterocycles. The number of benzene rings is 2. The molecule has 2 saturated heterocycles. The Balaban J connectivity index is 1.14. The molecule has 2 fully saturated rings. The average Bonchev–Trinajstić information content (AvgIpc) is 3.69. The van der Waals surface area contributed by atoms with Crippen molar-refractivity contribution in [3.05, 3.63) is 82.4 Å². The van der Waals surface area contributed by atoms with Crippen LogP contribution in [-0.2, 0) is 6.54 Å². The molecule has 212 valence electrons. The van der Waals surface area contributed by atoms with Crippen LogP contribution in [0.1, 0.15) is 28.8 Å². The van der Waals surface area contributed by atoms with Gasteiger partial charge in [0, 0.05) is 44.0 Å². The third-order valence-corrected chi connectivity index (χ3v) is 8.37. The zero-order valence-electron chi connectivity index (χ0n) is 23.1. The zero-order chi connectivity index (χ0) is 28.6. The minimum Gasteiger partial charge on any atom is -0.370 e. The van der Waals surface area contributed by atoms with Crippen LogP contribution in [0.25, 0.3) is 28.2 Å². The first-order chi connectivity index (χ1) is 19.8. The summed E-state index contributed by atoms with van der Waals surface area (Å²) in [5.74, 6) is 0.744. The van der Waals surface area contributed by atoms with E-state index in [1.165, 1.54) is 0 Å². The molecule has 11 heteroatoms. The van der Waals surface area contributed by atoms with Gasteiger partial charge in [-0.2, -0.15) is 0 Å². The number of imidazole rings is 1. The third kappa shape index (κ3) is 5.39. The highest BCUT2D eigenvalue weighted by atomic mass is 16.2. The van der Waals surface area contributed by atoms with Crippen LogP contribution >= 0.6 is 0 Å². The quantitative estimate of drug-likeness (QED) is 0.0907. The summed E-state index contributed by atoms with van der Waals surface area (Å²) in [4.78, 5) is 37.8. The van der Waals surface area contributed by atoms with E-state index in [0.717, 1.165) is 54.9 Å². The maximum Gasteiger partial charge on any atom is 0.345 e. The van der Waals surface area contributed by atoms with Crippen LogP contribution in [-0.4, -0.2) is 76.0 Å². The molecule has 0 spiro atoms. The third-order valence-electron chi connectivity index (χ3n) is 8.37. The van der Waals surface area contributed by atoms with Crippen molar-refractivity contribution in [3.63, 3.8) is 0 Å². The van der Waals surface area contributed by atoms with E-state index in [9.17, 15) is 9.59 Å². The number of guanidine groups is 1. The lowest BCUT2D eigenvalue weighted by molar-refractivity contribution is -0.843. The van der Waals surface area contributed by atoms with Crippen molar-refractivity contribution in [2.75, 3.05) is 33.2 Å². The number of carbonyl (C=O) groups is 1. The van der Waals surface area contributed by atoms with Crippen molar-refractivity contribution in [2.45, 2.75) is 31.5 Å².